The summed E-state index contributed by atoms with van der Waals surface area (Å²) in [6.07, 6.45) is 4.49. The Morgan fingerprint density at radius 3 is 2.89 bits per heavy atom. The van der Waals surface area contributed by atoms with E-state index in [9.17, 15) is 9.59 Å². The van der Waals surface area contributed by atoms with E-state index in [0.717, 1.165) is 12.0 Å². The molecular weight excluding hydrogens is 354 g/mol. The third kappa shape index (κ3) is 4.71. The van der Waals surface area contributed by atoms with Gasteiger partial charge in [0, 0.05) is 24.7 Å². The number of hydrogen-bond acceptors (Lipinski definition) is 5. The van der Waals surface area contributed by atoms with Crippen molar-refractivity contribution < 1.29 is 9.59 Å². The van der Waals surface area contributed by atoms with Gasteiger partial charge >= 0.3 is 0 Å². The normalized spacial score (nSPS) is 18.6. The number of carbonyl (C=O) groups excluding carboxylic acids is 2. The van der Waals surface area contributed by atoms with Crippen molar-refractivity contribution in [3.05, 3.63) is 59.2 Å². The molecule has 1 heterocycles. The summed E-state index contributed by atoms with van der Waals surface area (Å²) < 4.78 is 0. The van der Waals surface area contributed by atoms with E-state index >= 15 is 0 Å². The van der Waals surface area contributed by atoms with Crippen LogP contribution in [-0.4, -0.2) is 34.4 Å². The van der Waals surface area contributed by atoms with Gasteiger partial charge in [0.15, 0.2) is 0 Å². The van der Waals surface area contributed by atoms with Crippen molar-refractivity contribution >= 4 is 11.8 Å². The van der Waals surface area contributed by atoms with E-state index in [1.54, 1.807) is 19.2 Å². The summed E-state index contributed by atoms with van der Waals surface area (Å²) in [5.74, 6) is -0.241. The molecule has 0 saturated heterocycles. The lowest BCUT2D eigenvalue weighted by Crippen LogP contribution is -2.44. The Morgan fingerprint density at radius 2 is 2.18 bits per heavy atom. The number of nitrogens with zero attached hydrogens (tertiary/aromatic N) is 3. The standard InChI is InChI=1S/C21H23N5O2/c1-3-16(11-24-21(28)19-12-23-10-13(2)25-19)26-20(27)18-8-17(18)15-6-4-5-14(7-15)9-22/h4-7,10,12,16-18H,3,8,11H2,1-2H3,(H,24,28)(H,26,27)/t16-,17+,18-/m1/s1. The summed E-state index contributed by atoms with van der Waals surface area (Å²) >= 11 is 0. The van der Waals surface area contributed by atoms with Gasteiger partial charge < -0.3 is 10.6 Å². The van der Waals surface area contributed by atoms with Crippen molar-refractivity contribution in [3.63, 3.8) is 0 Å². The highest BCUT2D eigenvalue weighted by atomic mass is 16.2. The SMILES string of the molecule is CC[C@H](CNC(=O)c1cncc(C)n1)NC(=O)[C@@H]1C[C@H]1c1cccc(C#N)c1. The first kappa shape index (κ1) is 19.5. The highest BCUT2D eigenvalue weighted by molar-refractivity contribution is 5.92. The maximum absolute atomic E-state index is 12.6. The zero-order valence-electron chi connectivity index (χ0n) is 16.0. The van der Waals surface area contributed by atoms with E-state index < -0.39 is 0 Å². The van der Waals surface area contributed by atoms with Gasteiger partial charge in [-0.05, 0) is 43.4 Å². The summed E-state index contributed by atoms with van der Waals surface area (Å²) in [5, 5.41) is 14.8. The third-order valence-electron chi connectivity index (χ3n) is 4.91. The molecule has 1 aromatic carbocycles. The minimum atomic E-state index is -0.304. The minimum Gasteiger partial charge on any atom is -0.351 e. The third-order valence-corrected chi connectivity index (χ3v) is 4.91. The smallest absolute Gasteiger partial charge is 0.271 e. The number of hydrogen-bond donors (Lipinski definition) is 2. The number of nitrogens with one attached hydrogen (secondary N) is 2. The van der Waals surface area contributed by atoms with Crippen LogP contribution in [0.5, 0.6) is 0 Å². The lowest BCUT2D eigenvalue weighted by molar-refractivity contribution is -0.123. The second kappa shape index (κ2) is 8.61. The molecule has 1 saturated carbocycles. The van der Waals surface area contributed by atoms with Crippen LogP contribution in [0.2, 0.25) is 0 Å². The molecule has 0 bridgehead atoms. The molecule has 7 nitrogen and oxygen atoms in total. The highest BCUT2D eigenvalue weighted by Gasteiger charge is 2.44. The maximum Gasteiger partial charge on any atom is 0.271 e. The number of nitriles is 1. The molecular formula is C21H23N5O2. The van der Waals surface area contributed by atoms with Gasteiger partial charge in [0.05, 0.1) is 23.5 Å². The lowest BCUT2D eigenvalue weighted by atomic mass is 10.1. The molecule has 3 atom stereocenters. The zero-order chi connectivity index (χ0) is 20.1. The van der Waals surface area contributed by atoms with Gasteiger partial charge in [-0.3, -0.25) is 14.6 Å². The average molecular weight is 377 g/mol. The molecule has 1 fully saturated rings. The average Bonchev–Trinajstić information content (AvgIpc) is 3.52. The minimum absolute atomic E-state index is 0.0104. The van der Waals surface area contributed by atoms with Crippen LogP contribution in [0.3, 0.4) is 0 Å². The van der Waals surface area contributed by atoms with Crippen LogP contribution in [0, 0.1) is 24.2 Å². The molecule has 0 radical (unpaired) electrons. The van der Waals surface area contributed by atoms with Crippen LogP contribution < -0.4 is 10.6 Å². The van der Waals surface area contributed by atoms with Crippen LogP contribution in [0.4, 0.5) is 0 Å². The molecule has 3 rings (SSSR count). The Bertz CT molecular complexity index is 921. The van der Waals surface area contributed by atoms with Gasteiger partial charge in [0.1, 0.15) is 5.69 Å². The van der Waals surface area contributed by atoms with Gasteiger partial charge in [-0.1, -0.05) is 19.1 Å². The molecule has 0 unspecified atom stereocenters. The van der Waals surface area contributed by atoms with Gasteiger partial charge in [0.2, 0.25) is 5.91 Å². The van der Waals surface area contributed by atoms with Gasteiger partial charge in [-0.25, -0.2) is 4.98 Å². The Kier molecular flexibility index (Phi) is 5.99. The van der Waals surface area contributed by atoms with E-state index in [0.29, 0.717) is 24.2 Å². The predicted molar refractivity (Wildman–Crippen MR) is 103 cm³/mol. The van der Waals surface area contributed by atoms with Crippen molar-refractivity contribution in [1.82, 2.24) is 20.6 Å². The Hall–Kier alpha value is -3.27. The van der Waals surface area contributed by atoms with E-state index in [1.807, 2.05) is 25.1 Å². The van der Waals surface area contributed by atoms with Crippen LogP contribution in [0.1, 0.15) is 53.0 Å². The summed E-state index contributed by atoms with van der Waals surface area (Å²) in [7, 11) is 0. The molecule has 7 heteroatoms. The summed E-state index contributed by atoms with van der Waals surface area (Å²) in [4.78, 5) is 32.9. The second-order valence-electron chi connectivity index (χ2n) is 7.06. The molecule has 2 N–H and O–H groups in total. The molecule has 0 aliphatic heterocycles. The fourth-order valence-corrected chi connectivity index (χ4v) is 3.18. The Morgan fingerprint density at radius 1 is 1.36 bits per heavy atom. The first-order valence-corrected chi connectivity index (χ1v) is 9.39. The fraction of sp³-hybridized carbons (Fsp3) is 0.381. The van der Waals surface area contributed by atoms with Crippen LogP contribution >= 0.6 is 0 Å². The monoisotopic (exact) mass is 377 g/mol. The number of aryl methyl sites for hydroxylation is 1. The van der Waals surface area contributed by atoms with Crippen molar-refractivity contribution in [3.8, 4) is 6.07 Å². The predicted octanol–water partition coefficient (Wildman–Crippen LogP) is 2.08. The number of aromatic nitrogens is 2. The van der Waals surface area contributed by atoms with Crippen LogP contribution in [0.15, 0.2) is 36.7 Å². The highest BCUT2D eigenvalue weighted by Crippen LogP contribution is 2.47. The maximum atomic E-state index is 12.6. The molecule has 144 valence electrons. The molecule has 2 amide bonds. The van der Waals surface area contributed by atoms with Crippen LogP contribution in [0.25, 0.3) is 0 Å². The largest absolute Gasteiger partial charge is 0.351 e. The molecule has 28 heavy (non-hydrogen) atoms. The fourth-order valence-electron chi connectivity index (χ4n) is 3.18. The quantitative estimate of drug-likeness (QED) is 0.768. The molecule has 1 aromatic heterocycles. The first-order valence-electron chi connectivity index (χ1n) is 9.39. The summed E-state index contributed by atoms with van der Waals surface area (Å²) in [5.41, 5.74) is 2.57. The van der Waals surface area contributed by atoms with Gasteiger partial charge in [-0.15, -0.1) is 0 Å². The van der Waals surface area contributed by atoms with E-state index in [-0.39, 0.29) is 35.4 Å². The van der Waals surface area contributed by atoms with Crippen molar-refractivity contribution in [2.24, 2.45) is 5.92 Å². The number of carbonyl (C=O) groups is 2. The van der Waals surface area contributed by atoms with Crippen molar-refractivity contribution in [1.29, 1.82) is 5.26 Å². The van der Waals surface area contributed by atoms with Crippen molar-refractivity contribution in [2.45, 2.75) is 38.6 Å². The van der Waals surface area contributed by atoms with E-state index in [1.165, 1.54) is 6.20 Å². The van der Waals surface area contributed by atoms with Crippen molar-refractivity contribution in [2.75, 3.05) is 6.54 Å². The summed E-state index contributed by atoms with van der Waals surface area (Å²) in [6.45, 7) is 4.07. The van der Waals surface area contributed by atoms with E-state index in [2.05, 4.69) is 26.7 Å². The Balaban J connectivity index is 1.51. The zero-order valence-corrected chi connectivity index (χ0v) is 16.0. The Labute approximate surface area is 164 Å². The number of benzene rings is 1. The summed E-state index contributed by atoms with van der Waals surface area (Å²) in [6, 6.07) is 9.39. The second-order valence-corrected chi connectivity index (χ2v) is 7.06. The van der Waals surface area contributed by atoms with E-state index in [4.69, 9.17) is 5.26 Å². The van der Waals surface area contributed by atoms with Gasteiger partial charge in [-0.2, -0.15) is 5.26 Å². The lowest BCUT2D eigenvalue weighted by Gasteiger charge is -2.17. The first-order chi connectivity index (χ1) is 13.5. The molecule has 0 spiro atoms. The molecule has 1 aliphatic carbocycles. The number of rotatable bonds is 7. The molecule has 1 aliphatic rings. The molecule has 2 aromatic rings. The topological polar surface area (TPSA) is 108 Å². The van der Waals surface area contributed by atoms with Crippen LogP contribution in [-0.2, 0) is 4.79 Å². The van der Waals surface area contributed by atoms with Gasteiger partial charge in [0.25, 0.3) is 5.91 Å². The number of amides is 2.